The van der Waals surface area contributed by atoms with Gasteiger partial charge in [0.2, 0.25) is 0 Å². The Morgan fingerprint density at radius 1 is 1.04 bits per heavy atom. The summed E-state index contributed by atoms with van der Waals surface area (Å²) in [5.41, 5.74) is 11.4. The number of benzene rings is 1. The van der Waals surface area contributed by atoms with Crippen LogP contribution in [-0.2, 0) is 29.9 Å². The molecule has 2 aromatic rings. The summed E-state index contributed by atoms with van der Waals surface area (Å²) in [6.07, 6.45) is 2.63. The van der Waals surface area contributed by atoms with Gasteiger partial charge in [-0.3, -0.25) is 18.5 Å². The van der Waals surface area contributed by atoms with Crippen molar-refractivity contribution in [3.05, 3.63) is 50.7 Å². The van der Waals surface area contributed by atoms with Crippen LogP contribution in [0.15, 0.2) is 33.9 Å². The quantitative estimate of drug-likeness (QED) is 0.402. The van der Waals surface area contributed by atoms with Crippen molar-refractivity contribution < 1.29 is 17.2 Å². The van der Waals surface area contributed by atoms with Crippen LogP contribution in [-0.4, -0.2) is 22.1 Å². The van der Waals surface area contributed by atoms with Gasteiger partial charge in [0, 0.05) is 13.1 Å². The highest BCUT2D eigenvalue weighted by molar-refractivity contribution is 7.81. The molecule has 28 heavy (non-hydrogen) atoms. The fourth-order valence-corrected chi connectivity index (χ4v) is 3.16. The van der Waals surface area contributed by atoms with Gasteiger partial charge in [0.25, 0.3) is 5.56 Å². The maximum absolute atomic E-state index is 12.5. The summed E-state index contributed by atoms with van der Waals surface area (Å²) in [6, 6.07) is 6.24. The Labute approximate surface area is 162 Å². The number of nitrogen functional groups attached to an aromatic ring is 2. The third-order valence-electron chi connectivity index (χ3n) is 4.17. The van der Waals surface area contributed by atoms with Crippen molar-refractivity contribution in [1.82, 2.24) is 9.13 Å². The number of aryl methyl sites for hydroxylation is 1. The van der Waals surface area contributed by atoms with Crippen molar-refractivity contribution in [2.24, 2.45) is 0 Å². The van der Waals surface area contributed by atoms with Crippen molar-refractivity contribution in [3.8, 4) is 5.75 Å². The van der Waals surface area contributed by atoms with Gasteiger partial charge >= 0.3 is 16.1 Å². The van der Waals surface area contributed by atoms with Crippen LogP contribution in [0.25, 0.3) is 0 Å². The van der Waals surface area contributed by atoms with Crippen LogP contribution in [0, 0.1) is 0 Å². The lowest BCUT2D eigenvalue weighted by Crippen LogP contribution is -2.42. The van der Waals surface area contributed by atoms with Crippen LogP contribution in [0.2, 0.25) is 0 Å². The summed E-state index contributed by atoms with van der Waals surface area (Å²) in [4.78, 5) is 24.5. The van der Waals surface area contributed by atoms with Gasteiger partial charge in [-0.15, -0.1) is 0 Å². The molecule has 0 radical (unpaired) electrons. The zero-order chi connectivity index (χ0) is 20.9. The van der Waals surface area contributed by atoms with Gasteiger partial charge in [-0.25, -0.2) is 4.79 Å². The van der Waals surface area contributed by atoms with E-state index in [1.807, 2.05) is 6.92 Å². The molecule has 0 fully saturated rings. The Bertz CT molecular complexity index is 1040. The van der Waals surface area contributed by atoms with Gasteiger partial charge in [-0.05, 0) is 43.4 Å². The predicted molar refractivity (Wildman–Crippen MR) is 106 cm³/mol. The Morgan fingerprint density at radius 3 is 2.25 bits per heavy atom. The van der Waals surface area contributed by atoms with E-state index in [4.69, 9.17) is 16.0 Å². The number of aromatic nitrogens is 2. The molecule has 1 aromatic carbocycles. The van der Waals surface area contributed by atoms with Crippen LogP contribution in [0.1, 0.15) is 31.7 Å². The molecule has 0 spiro atoms. The van der Waals surface area contributed by atoms with Crippen LogP contribution >= 0.6 is 0 Å². The lowest BCUT2D eigenvalue weighted by molar-refractivity contribution is 0.386. The van der Waals surface area contributed by atoms with Gasteiger partial charge in [0.1, 0.15) is 17.3 Å². The molecule has 0 saturated heterocycles. The van der Waals surface area contributed by atoms with Gasteiger partial charge in [0.05, 0.1) is 0 Å². The molecule has 0 aliphatic carbocycles. The smallest absolute Gasteiger partial charge is 0.391 e. The zero-order valence-electron chi connectivity index (χ0n) is 15.5. The molecule has 11 heteroatoms. The van der Waals surface area contributed by atoms with Gasteiger partial charge in [0.15, 0.2) is 0 Å². The third kappa shape index (κ3) is 5.36. The van der Waals surface area contributed by atoms with E-state index in [2.05, 4.69) is 4.18 Å². The normalized spacial score (nSPS) is 11.5. The third-order valence-corrected chi connectivity index (χ3v) is 4.58. The summed E-state index contributed by atoms with van der Waals surface area (Å²) in [6.45, 7) is 2.46. The van der Waals surface area contributed by atoms with E-state index in [0.717, 1.165) is 16.6 Å². The second kappa shape index (κ2) is 8.93. The Hall–Kier alpha value is -2.79. The monoisotopic (exact) mass is 412 g/mol. The summed E-state index contributed by atoms with van der Waals surface area (Å²) in [5, 5.41) is 0. The van der Waals surface area contributed by atoms with E-state index in [-0.39, 0.29) is 23.8 Å². The number of unbranched alkanes of at least 4 members (excludes halogenated alkanes) is 1. The van der Waals surface area contributed by atoms with Crippen molar-refractivity contribution in [1.29, 1.82) is 0 Å². The first-order valence-corrected chi connectivity index (χ1v) is 10.1. The number of hydrogen-bond donors (Lipinski definition) is 3. The SMILES string of the molecule is CCCn1c(=O)c(N)c(N)n(CCCCc2ccc(OS(=O)(=O)O)cc2)c1=O. The first kappa shape index (κ1) is 21.5. The highest BCUT2D eigenvalue weighted by Gasteiger charge is 2.14. The Morgan fingerprint density at radius 2 is 1.68 bits per heavy atom. The minimum absolute atomic E-state index is 0.0132. The lowest BCUT2D eigenvalue weighted by Gasteiger charge is -2.14. The van der Waals surface area contributed by atoms with Gasteiger partial charge in [-0.1, -0.05) is 19.1 Å². The van der Waals surface area contributed by atoms with Crippen LogP contribution in [0.4, 0.5) is 11.5 Å². The van der Waals surface area contributed by atoms with E-state index in [9.17, 15) is 18.0 Å². The second-order valence-corrected chi connectivity index (χ2v) is 7.32. The van der Waals surface area contributed by atoms with Crippen LogP contribution in [0.5, 0.6) is 5.75 Å². The average molecular weight is 412 g/mol. The highest BCUT2D eigenvalue weighted by Crippen LogP contribution is 2.16. The van der Waals surface area contributed by atoms with E-state index in [1.165, 1.54) is 16.7 Å². The summed E-state index contributed by atoms with van der Waals surface area (Å²) >= 11 is 0. The summed E-state index contributed by atoms with van der Waals surface area (Å²) in [5.74, 6) is -0.00620. The van der Waals surface area contributed by atoms with Crippen LogP contribution < -0.4 is 26.9 Å². The molecular weight excluding hydrogens is 388 g/mol. The largest absolute Gasteiger partial charge is 0.446 e. The van der Waals surface area contributed by atoms with E-state index in [0.29, 0.717) is 25.8 Å². The lowest BCUT2D eigenvalue weighted by atomic mass is 10.1. The molecule has 0 amide bonds. The topological polar surface area (TPSA) is 160 Å². The molecular formula is C17H24N4O6S. The van der Waals surface area contributed by atoms with Gasteiger partial charge in [-0.2, -0.15) is 8.42 Å². The van der Waals surface area contributed by atoms with E-state index in [1.54, 1.807) is 12.1 Å². The molecule has 2 rings (SSSR count). The zero-order valence-corrected chi connectivity index (χ0v) is 16.3. The number of rotatable bonds is 9. The second-order valence-electron chi connectivity index (χ2n) is 6.30. The van der Waals surface area contributed by atoms with Crippen molar-refractivity contribution in [2.45, 2.75) is 45.7 Å². The van der Waals surface area contributed by atoms with E-state index < -0.39 is 21.6 Å². The number of hydrogen-bond acceptors (Lipinski definition) is 7. The first-order valence-electron chi connectivity index (χ1n) is 8.78. The first-order chi connectivity index (χ1) is 13.1. The van der Waals surface area contributed by atoms with Crippen molar-refractivity contribution in [3.63, 3.8) is 0 Å². The van der Waals surface area contributed by atoms with Crippen molar-refractivity contribution in [2.75, 3.05) is 11.5 Å². The molecule has 0 aliphatic heterocycles. The van der Waals surface area contributed by atoms with Crippen LogP contribution in [0.3, 0.4) is 0 Å². The number of anilines is 2. The molecule has 0 atom stereocenters. The maximum Gasteiger partial charge on any atom is 0.446 e. The molecule has 0 unspecified atom stereocenters. The maximum atomic E-state index is 12.5. The molecule has 1 heterocycles. The number of nitrogens with two attached hydrogens (primary N) is 2. The van der Waals surface area contributed by atoms with Crippen molar-refractivity contribution >= 4 is 21.9 Å². The molecule has 154 valence electrons. The molecule has 5 N–H and O–H groups in total. The Kier molecular flexibility index (Phi) is 6.86. The predicted octanol–water partition coefficient (Wildman–Crippen LogP) is 0.789. The minimum Gasteiger partial charge on any atom is -0.391 e. The molecule has 0 aliphatic rings. The molecule has 0 bridgehead atoms. The fourth-order valence-electron chi connectivity index (χ4n) is 2.81. The van der Waals surface area contributed by atoms with E-state index >= 15 is 0 Å². The standard InChI is InChI=1S/C17H24N4O6S/c1-2-10-21-16(22)14(18)15(19)20(17(21)23)11-4-3-5-12-6-8-13(9-7-12)27-28(24,25)26/h6-9H,2-5,10-11,18-19H2,1H3,(H,24,25,26). The number of nitrogens with zero attached hydrogens (tertiary/aromatic N) is 2. The summed E-state index contributed by atoms with van der Waals surface area (Å²) in [7, 11) is -4.54. The minimum atomic E-state index is -4.54. The highest BCUT2D eigenvalue weighted by atomic mass is 32.3. The Balaban J connectivity index is 2.00. The summed E-state index contributed by atoms with van der Waals surface area (Å²) < 4.78 is 36.7. The van der Waals surface area contributed by atoms with Gasteiger partial charge < -0.3 is 15.7 Å². The fraction of sp³-hybridized carbons (Fsp3) is 0.412. The molecule has 1 aromatic heterocycles. The molecule has 0 saturated carbocycles. The molecule has 10 nitrogen and oxygen atoms in total. The average Bonchev–Trinajstić information content (AvgIpc) is 2.63.